The Kier molecular flexibility index (Phi) is 44.6. The minimum absolute atomic E-state index is 0.0704. The van der Waals surface area contributed by atoms with Gasteiger partial charge < -0.3 is 20.3 Å². The number of carbonyl (C=O) groups excluding carboxylic acids is 2. The number of unbranched alkanes of at least 4 members (excludes halogenated alkanes) is 27. The molecule has 0 saturated heterocycles. The van der Waals surface area contributed by atoms with Gasteiger partial charge in [-0.15, -0.1) is 0 Å². The number of ether oxygens (including phenoxy) is 1. The van der Waals surface area contributed by atoms with Crippen LogP contribution in [-0.2, 0) is 14.3 Å². The molecule has 1 amide bonds. The highest BCUT2D eigenvalue weighted by atomic mass is 16.5. The SMILES string of the molecule is CCCCC/C=C\C/C=C\CCCCCCCCCC(=O)OC(CCCCCCC/C=C\CCCCCC)CC(=O)NC(CO)C(O)CCCCCCCCCCC. The lowest BCUT2D eigenvalue weighted by Crippen LogP contribution is -2.46. The average molecular weight is 816 g/mol. The topological polar surface area (TPSA) is 95.9 Å². The molecule has 340 valence electrons. The highest BCUT2D eigenvalue weighted by molar-refractivity contribution is 5.77. The average Bonchev–Trinajstić information content (AvgIpc) is 3.22. The second-order valence-corrected chi connectivity index (χ2v) is 17.2. The van der Waals surface area contributed by atoms with Gasteiger partial charge in [0.15, 0.2) is 0 Å². The molecule has 0 bridgehead atoms. The molecule has 0 rings (SSSR count). The van der Waals surface area contributed by atoms with Crippen LogP contribution in [0.1, 0.15) is 258 Å². The smallest absolute Gasteiger partial charge is 0.306 e. The number of aliphatic hydroxyl groups is 2. The molecule has 0 aromatic heterocycles. The standard InChI is InChI=1S/C52H97NO5/c1-4-7-10-13-16-19-21-23-24-25-26-28-30-33-36-39-42-45-52(57)58-48(43-40-37-34-32-29-27-22-20-17-14-11-8-5-2)46-51(56)53-49(47-54)50(55)44-41-38-35-31-18-15-12-9-6-3/h16,19-20,22-24,48-50,54-55H,4-15,17-18,21,25-47H2,1-3H3,(H,53,56)/b19-16-,22-20-,24-23-. The zero-order valence-electron chi connectivity index (χ0n) is 38.7. The molecular weight excluding hydrogens is 719 g/mol. The van der Waals surface area contributed by atoms with Crippen molar-refractivity contribution < 1.29 is 24.5 Å². The fourth-order valence-corrected chi connectivity index (χ4v) is 7.57. The van der Waals surface area contributed by atoms with E-state index < -0.39 is 18.2 Å². The van der Waals surface area contributed by atoms with E-state index in [0.29, 0.717) is 19.3 Å². The summed E-state index contributed by atoms with van der Waals surface area (Å²) in [5.74, 6) is -0.486. The number of hydrogen-bond acceptors (Lipinski definition) is 5. The van der Waals surface area contributed by atoms with E-state index in [2.05, 4.69) is 62.5 Å². The maximum atomic E-state index is 13.2. The Morgan fingerprint density at radius 2 is 0.879 bits per heavy atom. The number of esters is 1. The van der Waals surface area contributed by atoms with E-state index >= 15 is 0 Å². The molecular formula is C52H97NO5. The molecule has 0 spiro atoms. The summed E-state index contributed by atoms with van der Waals surface area (Å²) in [4.78, 5) is 26.1. The zero-order valence-corrected chi connectivity index (χ0v) is 38.7. The van der Waals surface area contributed by atoms with Crippen molar-refractivity contribution in [3.05, 3.63) is 36.5 Å². The summed E-state index contributed by atoms with van der Waals surface area (Å²) in [6, 6.07) is -0.702. The highest BCUT2D eigenvalue weighted by Crippen LogP contribution is 2.17. The summed E-state index contributed by atoms with van der Waals surface area (Å²) in [7, 11) is 0. The van der Waals surface area contributed by atoms with Crippen LogP contribution in [0.5, 0.6) is 0 Å². The van der Waals surface area contributed by atoms with Gasteiger partial charge in [-0.2, -0.15) is 0 Å². The van der Waals surface area contributed by atoms with Crippen LogP contribution < -0.4 is 5.32 Å². The lowest BCUT2D eigenvalue weighted by Gasteiger charge is -2.24. The first kappa shape index (κ1) is 56.1. The molecule has 0 heterocycles. The number of aliphatic hydroxyl groups excluding tert-OH is 2. The predicted octanol–water partition coefficient (Wildman–Crippen LogP) is 14.9. The van der Waals surface area contributed by atoms with E-state index in [1.807, 2.05) is 0 Å². The Bertz CT molecular complexity index is 961. The van der Waals surface area contributed by atoms with Gasteiger partial charge in [0, 0.05) is 6.42 Å². The van der Waals surface area contributed by atoms with E-state index in [1.165, 1.54) is 135 Å². The molecule has 3 N–H and O–H groups in total. The molecule has 6 heteroatoms. The molecule has 6 nitrogen and oxygen atoms in total. The normalized spacial score (nSPS) is 13.5. The van der Waals surface area contributed by atoms with E-state index in [1.54, 1.807) is 0 Å². The zero-order chi connectivity index (χ0) is 42.4. The Morgan fingerprint density at radius 1 is 0.500 bits per heavy atom. The van der Waals surface area contributed by atoms with E-state index in [-0.39, 0.29) is 24.9 Å². The summed E-state index contributed by atoms with van der Waals surface area (Å²) in [5, 5.41) is 23.6. The molecule has 0 aromatic rings. The Balaban J connectivity index is 4.56. The quantitative estimate of drug-likeness (QED) is 0.0323. The fourth-order valence-electron chi connectivity index (χ4n) is 7.57. The lowest BCUT2D eigenvalue weighted by atomic mass is 10.0. The van der Waals surface area contributed by atoms with Crippen molar-refractivity contribution in [3.63, 3.8) is 0 Å². The van der Waals surface area contributed by atoms with Gasteiger partial charge in [0.25, 0.3) is 0 Å². The minimum Gasteiger partial charge on any atom is -0.462 e. The summed E-state index contributed by atoms with van der Waals surface area (Å²) in [6.07, 6.45) is 53.4. The third kappa shape index (κ3) is 40.8. The van der Waals surface area contributed by atoms with Crippen LogP contribution in [0.2, 0.25) is 0 Å². The van der Waals surface area contributed by atoms with Crippen LogP contribution in [0.15, 0.2) is 36.5 Å². The molecule has 3 atom stereocenters. The molecule has 0 radical (unpaired) electrons. The number of allylic oxidation sites excluding steroid dienone is 6. The number of nitrogens with one attached hydrogen (secondary N) is 1. The number of hydrogen-bond donors (Lipinski definition) is 3. The summed E-state index contributed by atoms with van der Waals surface area (Å²) in [6.45, 7) is 6.43. The molecule has 0 aromatic carbocycles. The predicted molar refractivity (Wildman–Crippen MR) is 250 cm³/mol. The first-order chi connectivity index (χ1) is 28.5. The van der Waals surface area contributed by atoms with Gasteiger partial charge in [0.05, 0.1) is 25.2 Å². The van der Waals surface area contributed by atoms with Gasteiger partial charge >= 0.3 is 5.97 Å². The van der Waals surface area contributed by atoms with Gasteiger partial charge in [0.2, 0.25) is 5.91 Å². The minimum atomic E-state index is -0.787. The number of carbonyl (C=O) groups is 2. The summed E-state index contributed by atoms with van der Waals surface area (Å²) < 4.78 is 5.92. The van der Waals surface area contributed by atoms with Crippen LogP contribution in [0.4, 0.5) is 0 Å². The van der Waals surface area contributed by atoms with Crippen molar-refractivity contribution in [2.45, 2.75) is 277 Å². The van der Waals surface area contributed by atoms with Crippen molar-refractivity contribution in [2.24, 2.45) is 0 Å². The molecule has 0 aliphatic carbocycles. The maximum Gasteiger partial charge on any atom is 0.306 e. The van der Waals surface area contributed by atoms with Crippen LogP contribution in [0.3, 0.4) is 0 Å². The lowest BCUT2D eigenvalue weighted by molar-refractivity contribution is -0.151. The van der Waals surface area contributed by atoms with E-state index in [0.717, 1.165) is 77.0 Å². The van der Waals surface area contributed by atoms with Gasteiger partial charge in [-0.1, -0.05) is 198 Å². The molecule has 0 aliphatic heterocycles. The number of amides is 1. The van der Waals surface area contributed by atoms with Gasteiger partial charge in [-0.3, -0.25) is 9.59 Å². The number of rotatable bonds is 45. The van der Waals surface area contributed by atoms with Crippen molar-refractivity contribution in [3.8, 4) is 0 Å². The highest BCUT2D eigenvalue weighted by Gasteiger charge is 2.24. The molecule has 0 fully saturated rings. The third-order valence-corrected chi connectivity index (χ3v) is 11.4. The van der Waals surface area contributed by atoms with Crippen LogP contribution in [0.25, 0.3) is 0 Å². The first-order valence-corrected chi connectivity index (χ1v) is 25.2. The second kappa shape index (κ2) is 46.2. The molecule has 58 heavy (non-hydrogen) atoms. The Hall–Kier alpha value is -1.92. The summed E-state index contributed by atoms with van der Waals surface area (Å²) in [5.41, 5.74) is 0. The van der Waals surface area contributed by atoms with Crippen LogP contribution in [-0.4, -0.2) is 46.9 Å². The largest absolute Gasteiger partial charge is 0.462 e. The van der Waals surface area contributed by atoms with Crippen molar-refractivity contribution >= 4 is 11.9 Å². The Labute approximate surface area is 360 Å². The van der Waals surface area contributed by atoms with Gasteiger partial charge in [-0.05, 0) is 83.5 Å². The fraction of sp³-hybridized carbons (Fsp3) is 0.846. The maximum absolute atomic E-state index is 13.2. The van der Waals surface area contributed by atoms with E-state index in [4.69, 9.17) is 4.74 Å². The van der Waals surface area contributed by atoms with Gasteiger partial charge in [0.1, 0.15) is 6.10 Å². The molecule has 0 aliphatic rings. The van der Waals surface area contributed by atoms with E-state index in [9.17, 15) is 19.8 Å². The van der Waals surface area contributed by atoms with Crippen molar-refractivity contribution in [2.75, 3.05) is 6.61 Å². The summed E-state index contributed by atoms with van der Waals surface area (Å²) >= 11 is 0. The van der Waals surface area contributed by atoms with Crippen LogP contribution in [0, 0.1) is 0 Å². The second-order valence-electron chi connectivity index (χ2n) is 17.2. The first-order valence-electron chi connectivity index (χ1n) is 25.2. The Morgan fingerprint density at radius 3 is 1.38 bits per heavy atom. The van der Waals surface area contributed by atoms with Crippen LogP contribution >= 0.6 is 0 Å². The molecule has 3 unspecified atom stereocenters. The van der Waals surface area contributed by atoms with Gasteiger partial charge in [-0.25, -0.2) is 0 Å². The monoisotopic (exact) mass is 816 g/mol. The third-order valence-electron chi connectivity index (χ3n) is 11.4. The van der Waals surface area contributed by atoms with Crippen molar-refractivity contribution in [1.29, 1.82) is 0 Å². The molecule has 0 saturated carbocycles. The van der Waals surface area contributed by atoms with Crippen molar-refractivity contribution in [1.82, 2.24) is 5.32 Å².